The minimum absolute atomic E-state index is 0.262. The van der Waals surface area contributed by atoms with Crippen molar-refractivity contribution < 1.29 is 0 Å². The Morgan fingerprint density at radius 3 is 3.00 bits per heavy atom. The molecule has 0 aromatic carbocycles. The molecule has 0 aliphatic carbocycles. The first kappa shape index (κ1) is 8.31. The van der Waals surface area contributed by atoms with Crippen LogP contribution >= 0.6 is 0 Å². The zero-order valence-electron chi connectivity index (χ0n) is 7.52. The Hall–Kier alpha value is -0.790. The van der Waals surface area contributed by atoms with E-state index in [0.717, 1.165) is 12.8 Å². The second-order valence-corrected chi connectivity index (χ2v) is 3.66. The summed E-state index contributed by atoms with van der Waals surface area (Å²) in [7, 11) is 0. The van der Waals surface area contributed by atoms with Crippen molar-refractivity contribution in [2.75, 3.05) is 0 Å². The normalized spacial score (nSPS) is 21.9. The molecule has 0 saturated carbocycles. The van der Waals surface area contributed by atoms with Crippen molar-refractivity contribution in [3.05, 3.63) is 12.3 Å². The predicted octanol–water partition coefficient (Wildman–Crippen LogP) is 2.29. The third-order valence-electron chi connectivity index (χ3n) is 1.90. The highest BCUT2D eigenvalue weighted by molar-refractivity contribution is 5.85. The Labute approximate surface area is 68.4 Å². The zero-order valence-corrected chi connectivity index (χ0v) is 7.52. The number of nitrogens with zero attached hydrogens (tertiary/aromatic N) is 1. The van der Waals surface area contributed by atoms with Gasteiger partial charge >= 0.3 is 0 Å². The fraction of sp³-hybridized carbons (Fsp3) is 0.667. The summed E-state index contributed by atoms with van der Waals surface area (Å²) in [4.78, 5) is 0. The zero-order chi connectivity index (χ0) is 8.32. The third-order valence-corrected chi connectivity index (χ3v) is 1.90. The maximum atomic E-state index is 4.22. The van der Waals surface area contributed by atoms with Crippen molar-refractivity contribution in [2.24, 2.45) is 10.5 Å². The smallest absolute Gasteiger partial charge is 0.0388 e. The van der Waals surface area contributed by atoms with Crippen LogP contribution in [0.25, 0.3) is 0 Å². The molecule has 0 fully saturated rings. The number of hydrogen-bond acceptors (Lipinski definition) is 2. The number of hydrogen-bond donors (Lipinski definition) is 1. The Morgan fingerprint density at radius 1 is 1.64 bits per heavy atom. The molecule has 0 spiro atoms. The third kappa shape index (κ3) is 2.37. The lowest BCUT2D eigenvalue weighted by Crippen LogP contribution is -2.12. The molecule has 62 valence electrons. The van der Waals surface area contributed by atoms with Crippen LogP contribution in [0.1, 0.15) is 33.6 Å². The summed E-state index contributed by atoms with van der Waals surface area (Å²) in [5.41, 5.74) is 4.42. The number of rotatable bonds is 1. The summed E-state index contributed by atoms with van der Waals surface area (Å²) in [6, 6.07) is 0. The minimum atomic E-state index is 0.262. The van der Waals surface area contributed by atoms with Gasteiger partial charge in [-0.25, -0.2) is 0 Å². The molecule has 0 unspecified atom stereocenters. The summed E-state index contributed by atoms with van der Waals surface area (Å²) < 4.78 is 0. The van der Waals surface area contributed by atoms with Gasteiger partial charge in [-0.2, -0.15) is 5.10 Å². The first-order valence-corrected chi connectivity index (χ1v) is 4.13. The van der Waals surface area contributed by atoms with E-state index in [9.17, 15) is 0 Å². The quantitative estimate of drug-likeness (QED) is 0.612. The number of nitrogens with one attached hydrogen (secondary N) is 1. The van der Waals surface area contributed by atoms with Crippen molar-refractivity contribution >= 4 is 5.71 Å². The molecule has 2 nitrogen and oxygen atoms in total. The van der Waals surface area contributed by atoms with Crippen molar-refractivity contribution in [2.45, 2.75) is 33.6 Å². The molecule has 2 heteroatoms. The molecule has 0 radical (unpaired) electrons. The standard InChI is InChI=1S/C9H16N2/c1-4-8-7-9(2,3)5-6-10-11-8/h5-6,10H,4,7H2,1-3H3. The van der Waals surface area contributed by atoms with Crippen LogP contribution in [0.5, 0.6) is 0 Å². The molecule has 0 amide bonds. The van der Waals surface area contributed by atoms with Crippen LogP contribution in [0.4, 0.5) is 0 Å². The SMILES string of the molecule is CCC1=NNC=CC(C)(C)C1. The average Bonchev–Trinajstić information content (AvgIpc) is 2.10. The molecule has 0 aromatic heterocycles. The minimum Gasteiger partial charge on any atom is -0.286 e. The van der Waals surface area contributed by atoms with E-state index in [4.69, 9.17) is 0 Å². The van der Waals surface area contributed by atoms with Crippen LogP contribution in [0.2, 0.25) is 0 Å². The fourth-order valence-corrected chi connectivity index (χ4v) is 1.22. The van der Waals surface area contributed by atoms with E-state index in [0.29, 0.717) is 0 Å². The molecule has 1 aliphatic rings. The van der Waals surface area contributed by atoms with Gasteiger partial charge in [-0.1, -0.05) is 26.8 Å². The lowest BCUT2D eigenvalue weighted by molar-refractivity contribution is 0.503. The van der Waals surface area contributed by atoms with Gasteiger partial charge in [0.15, 0.2) is 0 Å². The second-order valence-electron chi connectivity index (χ2n) is 3.66. The topological polar surface area (TPSA) is 24.4 Å². The van der Waals surface area contributed by atoms with Gasteiger partial charge in [0.2, 0.25) is 0 Å². The van der Waals surface area contributed by atoms with Gasteiger partial charge in [-0.3, -0.25) is 5.43 Å². The molecule has 1 heterocycles. The first-order chi connectivity index (χ1) is 5.14. The molecular formula is C9H16N2. The molecule has 1 rings (SSSR count). The summed E-state index contributed by atoms with van der Waals surface area (Å²) in [5, 5.41) is 4.22. The van der Waals surface area contributed by atoms with Gasteiger partial charge in [-0.05, 0) is 18.3 Å². The predicted molar refractivity (Wildman–Crippen MR) is 48.4 cm³/mol. The monoisotopic (exact) mass is 152 g/mol. The van der Waals surface area contributed by atoms with Gasteiger partial charge in [-0.15, -0.1) is 0 Å². The Morgan fingerprint density at radius 2 is 2.36 bits per heavy atom. The van der Waals surface area contributed by atoms with Crippen LogP contribution in [-0.2, 0) is 0 Å². The van der Waals surface area contributed by atoms with E-state index in [1.807, 2.05) is 6.20 Å². The van der Waals surface area contributed by atoms with Crippen molar-refractivity contribution in [3.8, 4) is 0 Å². The highest BCUT2D eigenvalue weighted by Gasteiger charge is 2.17. The van der Waals surface area contributed by atoms with E-state index in [1.165, 1.54) is 5.71 Å². The van der Waals surface area contributed by atoms with E-state index in [-0.39, 0.29) is 5.41 Å². The van der Waals surface area contributed by atoms with E-state index >= 15 is 0 Å². The second kappa shape index (κ2) is 3.07. The van der Waals surface area contributed by atoms with Gasteiger partial charge in [0, 0.05) is 11.9 Å². The van der Waals surface area contributed by atoms with Crippen LogP contribution in [0, 0.1) is 5.41 Å². The maximum Gasteiger partial charge on any atom is 0.0388 e. The van der Waals surface area contributed by atoms with Crippen molar-refractivity contribution in [1.29, 1.82) is 0 Å². The summed E-state index contributed by atoms with van der Waals surface area (Å²) in [6.07, 6.45) is 6.19. The van der Waals surface area contributed by atoms with E-state index < -0.39 is 0 Å². The molecule has 0 bridgehead atoms. The van der Waals surface area contributed by atoms with E-state index in [1.54, 1.807) is 0 Å². The highest BCUT2D eigenvalue weighted by Crippen LogP contribution is 2.24. The number of allylic oxidation sites excluding steroid dienone is 1. The van der Waals surface area contributed by atoms with Crippen molar-refractivity contribution in [1.82, 2.24) is 5.43 Å². The average molecular weight is 152 g/mol. The first-order valence-electron chi connectivity index (χ1n) is 4.13. The molecule has 0 saturated heterocycles. The van der Waals surface area contributed by atoms with Crippen LogP contribution in [0.15, 0.2) is 17.4 Å². The van der Waals surface area contributed by atoms with Crippen LogP contribution < -0.4 is 5.43 Å². The Bertz CT molecular complexity index is 190. The van der Waals surface area contributed by atoms with Gasteiger partial charge in [0.05, 0.1) is 0 Å². The summed E-state index contributed by atoms with van der Waals surface area (Å²) in [6.45, 7) is 6.59. The largest absolute Gasteiger partial charge is 0.286 e. The van der Waals surface area contributed by atoms with Crippen molar-refractivity contribution in [3.63, 3.8) is 0 Å². The van der Waals surface area contributed by atoms with Gasteiger partial charge < -0.3 is 0 Å². The van der Waals surface area contributed by atoms with Crippen LogP contribution in [-0.4, -0.2) is 5.71 Å². The Balaban J connectivity index is 2.71. The maximum absolute atomic E-state index is 4.22. The van der Waals surface area contributed by atoms with E-state index in [2.05, 4.69) is 37.4 Å². The van der Waals surface area contributed by atoms with Crippen LogP contribution in [0.3, 0.4) is 0 Å². The highest BCUT2D eigenvalue weighted by atomic mass is 15.3. The number of hydrazone groups is 1. The summed E-state index contributed by atoms with van der Waals surface area (Å²) >= 11 is 0. The Kier molecular flexibility index (Phi) is 2.32. The molecule has 1 aliphatic heterocycles. The molecule has 11 heavy (non-hydrogen) atoms. The summed E-state index contributed by atoms with van der Waals surface area (Å²) in [5.74, 6) is 0. The van der Waals surface area contributed by atoms with Gasteiger partial charge in [0.1, 0.15) is 0 Å². The molecule has 0 aromatic rings. The molecule has 1 N–H and O–H groups in total. The van der Waals surface area contributed by atoms with Gasteiger partial charge in [0.25, 0.3) is 0 Å². The fourth-order valence-electron chi connectivity index (χ4n) is 1.22. The molecule has 0 atom stereocenters. The molecular weight excluding hydrogens is 136 g/mol. The lowest BCUT2D eigenvalue weighted by Gasteiger charge is -2.17. The lowest BCUT2D eigenvalue weighted by atomic mass is 9.87.